The molecule has 0 aliphatic rings. The van der Waals surface area contributed by atoms with Crippen molar-refractivity contribution in [1.29, 1.82) is 0 Å². The summed E-state index contributed by atoms with van der Waals surface area (Å²) in [7, 11) is 0. The summed E-state index contributed by atoms with van der Waals surface area (Å²) in [6, 6.07) is 16.7. The van der Waals surface area contributed by atoms with Crippen LogP contribution in [-0.2, 0) is 6.54 Å². The second kappa shape index (κ2) is 8.74. The van der Waals surface area contributed by atoms with E-state index < -0.39 is 0 Å². The summed E-state index contributed by atoms with van der Waals surface area (Å²) in [6.45, 7) is 2.36. The fourth-order valence-corrected chi connectivity index (χ4v) is 3.22. The largest absolute Gasteiger partial charge is 0.350 e. The lowest BCUT2D eigenvalue weighted by Gasteiger charge is -2.09. The van der Waals surface area contributed by atoms with Gasteiger partial charge in [-0.2, -0.15) is 5.10 Å². The topological polar surface area (TPSA) is 81.8 Å². The molecule has 0 saturated heterocycles. The SMILES string of the molecule is Cc1c(C(=O)NCCn2cnc(-c3ccc(F)cc3)cc2=O)cnn1-c1ccccc1. The number of para-hydroxylation sites is 1. The molecule has 0 radical (unpaired) electrons. The standard InChI is InChI=1S/C23H20FN5O2/c1-16-20(14-27-29(16)19-5-3-2-4-6-19)23(31)25-11-12-28-15-26-21(13-22(28)30)17-7-9-18(24)10-8-17/h2-10,13-15H,11-12H2,1H3,(H,25,31). The van der Waals surface area contributed by atoms with Gasteiger partial charge in [-0.05, 0) is 43.3 Å². The fourth-order valence-electron chi connectivity index (χ4n) is 3.22. The zero-order valence-corrected chi connectivity index (χ0v) is 16.8. The van der Waals surface area contributed by atoms with Gasteiger partial charge >= 0.3 is 0 Å². The first-order valence-corrected chi connectivity index (χ1v) is 9.73. The molecule has 2 aromatic carbocycles. The zero-order chi connectivity index (χ0) is 21.8. The Hall–Kier alpha value is -4.07. The lowest BCUT2D eigenvalue weighted by molar-refractivity contribution is 0.0951. The van der Waals surface area contributed by atoms with Crippen LogP contribution in [-0.4, -0.2) is 31.8 Å². The Morgan fingerprint density at radius 3 is 2.55 bits per heavy atom. The number of hydrogen-bond donors (Lipinski definition) is 1. The molecule has 2 aromatic heterocycles. The highest BCUT2D eigenvalue weighted by Crippen LogP contribution is 2.15. The Morgan fingerprint density at radius 1 is 1.10 bits per heavy atom. The Kier molecular flexibility index (Phi) is 5.70. The Bertz CT molecular complexity index is 1260. The summed E-state index contributed by atoms with van der Waals surface area (Å²) < 4.78 is 16.2. The molecule has 0 saturated carbocycles. The van der Waals surface area contributed by atoms with Crippen LogP contribution in [0.2, 0.25) is 0 Å². The molecule has 0 atom stereocenters. The molecule has 1 amide bonds. The Balaban J connectivity index is 1.39. The number of hydrogen-bond acceptors (Lipinski definition) is 4. The summed E-state index contributed by atoms with van der Waals surface area (Å²) >= 11 is 0. The number of nitrogens with zero attached hydrogens (tertiary/aromatic N) is 4. The molecule has 2 heterocycles. The van der Waals surface area contributed by atoms with E-state index in [1.54, 1.807) is 16.8 Å². The minimum Gasteiger partial charge on any atom is -0.350 e. The second-order valence-corrected chi connectivity index (χ2v) is 6.96. The third kappa shape index (κ3) is 4.42. The smallest absolute Gasteiger partial charge is 0.254 e. The van der Waals surface area contributed by atoms with Crippen LogP contribution in [0, 0.1) is 12.7 Å². The van der Waals surface area contributed by atoms with Crippen molar-refractivity contribution in [3.8, 4) is 16.9 Å². The van der Waals surface area contributed by atoms with Gasteiger partial charge in [0.05, 0.1) is 35.2 Å². The van der Waals surface area contributed by atoms with E-state index in [2.05, 4.69) is 15.4 Å². The van der Waals surface area contributed by atoms with Crippen LogP contribution in [0.1, 0.15) is 16.1 Å². The maximum Gasteiger partial charge on any atom is 0.254 e. The average molecular weight is 417 g/mol. The van der Waals surface area contributed by atoms with Gasteiger partial charge in [0, 0.05) is 24.7 Å². The van der Waals surface area contributed by atoms with E-state index in [4.69, 9.17) is 0 Å². The minimum atomic E-state index is -0.350. The van der Waals surface area contributed by atoms with Crippen molar-refractivity contribution >= 4 is 5.91 Å². The highest BCUT2D eigenvalue weighted by molar-refractivity contribution is 5.95. The number of nitrogens with one attached hydrogen (secondary N) is 1. The van der Waals surface area contributed by atoms with Crippen LogP contribution in [0.5, 0.6) is 0 Å². The van der Waals surface area contributed by atoms with Crippen molar-refractivity contribution in [2.24, 2.45) is 0 Å². The highest BCUT2D eigenvalue weighted by Gasteiger charge is 2.14. The molecule has 4 aromatic rings. The number of carbonyl (C=O) groups excluding carboxylic acids is 1. The first kappa shape index (κ1) is 20.2. The van der Waals surface area contributed by atoms with Gasteiger partial charge in [-0.15, -0.1) is 0 Å². The van der Waals surface area contributed by atoms with Crippen molar-refractivity contribution in [2.75, 3.05) is 6.54 Å². The normalized spacial score (nSPS) is 10.8. The molecule has 0 bridgehead atoms. The van der Waals surface area contributed by atoms with E-state index in [9.17, 15) is 14.0 Å². The number of aromatic nitrogens is 4. The number of halogens is 1. The molecule has 0 fully saturated rings. The predicted octanol–water partition coefficient (Wildman–Crippen LogP) is 2.97. The molecule has 8 heteroatoms. The molecule has 156 valence electrons. The maximum atomic E-state index is 13.1. The monoisotopic (exact) mass is 417 g/mol. The van der Waals surface area contributed by atoms with Crippen molar-refractivity contribution in [3.63, 3.8) is 0 Å². The Labute approximate surface area is 177 Å². The van der Waals surface area contributed by atoms with Gasteiger partial charge in [0.15, 0.2) is 0 Å². The van der Waals surface area contributed by atoms with E-state index in [0.29, 0.717) is 16.8 Å². The van der Waals surface area contributed by atoms with Crippen LogP contribution in [0.3, 0.4) is 0 Å². The minimum absolute atomic E-state index is 0.253. The van der Waals surface area contributed by atoms with Gasteiger partial charge < -0.3 is 5.32 Å². The van der Waals surface area contributed by atoms with E-state index in [-0.39, 0.29) is 30.4 Å². The Morgan fingerprint density at radius 2 is 1.84 bits per heavy atom. The van der Waals surface area contributed by atoms with E-state index in [1.165, 1.54) is 35.3 Å². The van der Waals surface area contributed by atoms with E-state index in [1.807, 2.05) is 37.3 Å². The molecule has 0 unspecified atom stereocenters. The first-order valence-electron chi connectivity index (χ1n) is 9.73. The predicted molar refractivity (Wildman–Crippen MR) is 115 cm³/mol. The molecule has 0 spiro atoms. The molecular formula is C23H20FN5O2. The average Bonchev–Trinajstić information content (AvgIpc) is 3.17. The van der Waals surface area contributed by atoms with Crippen LogP contribution in [0.15, 0.2) is 78.0 Å². The zero-order valence-electron chi connectivity index (χ0n) is 16.8. The van der Waals surface area contributed by atoms with Crippen molar-refractivity contribution in [3.05, 3.63) is 101 Å². The summed E-state index contributed by atoms with van der Waals surface area (Å²) in [5.74, 6) is -0.610. The van der Waals surface area contributed by atoms with Gasteiger partial charge in [0.25, 0.3) is 11.5 Å². The number of carbonyl (C=O) groups is 1. The molecule has 0 aliphatic heterocycles. The number of rotatable bonds is 6. The van der Waals surface area contributed by atoms with Crippen molar-refractivity contribution in [1.82, 2.24) is 24.6 Å². The molecule has 0 aliphatic carbocycles. The van der Waals surface area contributed by atoms with Gasteiger partial charge in [-0.25, -0.2) is 14.1 Å². The molecule has 7 nitrogen and oxygen atoms in total. The summed E-state index contributed by atoms with van der Waals surface area (Å²) in [5, 5.41) is 7.11. The highest BCUT2D eigenvalue weighted by atomic mass is 19.1. The summed E-state index contributed by atoms with van der Waals surface area (Å²) in [6.07, 6.45) is 2.95. The molecule has 4 rings (SSSR count). The van der Waals surface area contributed by atoms with Crippen molar-refractivity contribution < 1.29 is 9.18 Å². The fraction of sp³-hybridized carbons (Fsp3) is 0.130. The second-order valence-electron chi connectivity index (χ2n) is 6.96. The lowest BCUT2D eigenvalue weighted by atomic mass is 10.1. The molecule has 1 N–H and O–H groups in total. The van der Waals surface area contributed by atoms with E-state index in [0.717, 1.165) is 11.4 Å². The number of benzene rings is 2. The van der Waals surface area contributed by atoms with Crippen LogP contribution in [0.25, 0.3) is 16.9 Å². The third-order valence-electron chi connectivity index (χ3n) is 4.91. The lowest BCUT2D eigenvalue weighted by Crippen LogP contribution is -2.31. The van der Waals surface area contributed by atoms with E-state index >= 15 is 0 Å². The quantitative estimate of drug-likeness (QED) is 0.523. The van der Waals surface area contributed by atoms with Crippen LogP contribution >= 0.6 is 0 Å². The van der Waals surface area contributed by atoms with Crippen LogP contribution in [0.4, 0.5) is 4.39 Å². The maximum absolute atomic E-state index is 13.1. The third-order valence-corrected chi connectivity index (χ3v) is 4.91. The van der Waals surface area contributed by atoms with Gasteiger partial charge in [0.2, 0.25) is 0 Å². The van der Waals surface area contributed by atoms with Gasteiger partial charge in [-0.1, -0.05) is 18.2 Å². The van der Waals surface area contributed by atoms with Gasteiger partial charge in [0.1, 0.15) is 5.82 Å². The molecule has 31 heavy (non-hydrogen) atoms. The van der Waals surface area contributed by atoms with Crippen molar-refractivity contribution in [2.45, 2.75) is 13.5 Å². The summed E-state index contributed by atoms with van der Waals surface area (Å²) in [5.41, 5.74) is 2.95. The van der Waals surface area contributed by atoms with Gasteiger partial charge in [-0.3, -0.25) is 14.2 Å². The summed E-state index contributed by atoms with van der Waals surface area (Å²) in [4.78, 5) is 29.2. The van der Waals surface area contributed by atoms with Crippen LogP contribution < -0.4 is 10.9 Å². The number of amides is 1. The molecular weight excluding hydrogens is 397 g/mol. The first-order chi connectivity index (χ1) is 15.0.